The molecule has 0 unspecified atom stereocenters. The van der Waals surface area contributed by atoms with Crippen molar-refractivity contribution in [2.75, 3.05) is 12.4 Å². The van der Waals surface area contributed by atoms with E-state index >= 15 is 0 Å². The number of furan rings is 1. The van der Waals surface area contributed by atoms with Crippen molar-refractivity contribution in [1.82, 2.24) is 4.90 Å². The second-order valence-electron chi connectivity index (χ2n) is 5.29. The van der Waals surface area contributed by atoms with E-state index in [0.29, 0.717) is 18.2 Å². The fourth-order valence-electron chi connectivity index (χ4n) is 2.23. The Kier molecular flexibility index (Phi) is 4.71. The number of halogens is 1. The molecule has 3 nitrogen and oxygen atoms in total. The minimum atomic E-state index is -0.0704. The maximum Gasteiger partial charge on any atom is 0.289 e. The quantitative estimate of drug-likeness (QED) is 0.773. The molecule has 2 aromatic rings. The highest BCUT2D eigenvalue weighted by atomic mass is 35.5. The lowest BCUT2D eigenvalue weighted by molar-refractivity contribution is 0.0676. The summed E-state index contributed by atoms with van der Waals surface area (Å²) in [5, 5.41) is 0.967. The monoisotopic (exact) mass is 293 g/mol. The van der Waals surface area contributed by atoms with Crippen molar-refractivity contribution in [3.05, 3.63) is 35.6 Å². The van der Waals surface area contributed by atoms with Crippen LogP contribution in [0.4, 0.5) is 0 Å². The first-order valence-corrected chi connectivity index (χ1v) is 7.43. The Balaban J connectivity index is 2.28. The average Bonchev–Trinajstić information content (AvgIpc) is 2.81. The average molecular weight is 294 g/mol. The fraction of sp³-hybridized carbons (Fsp3) is 0.438. The molecule has 0 saturated carbocycles. The van der Waals surface area contributed by atoms with Gasteiger partial charge in [0.25, 0.3) is 5.91 Å². The third-order valence-corrected chi connectivity index (χ3v) is 3.57. The van der Waals surface area contributed by atoms with Gasteiger partial charge in [0.15, 0.2) is 5.76 Å². The Morgan fingerprint density at radius 1 is 1.35 bits per heavy atom. The van der Waals surface area contributed by atoms with E-state index in [9.17, 15) is 4.79 Å². The summed E-state index contributed by atoms with van der Waals surface area (Å²) >= 11 is 5.72. The second kappa shape index (κ2) is 6.31. The molecule has 0 aliphatic carbocycles. The lowest BCUT2D eigenvalue weighted by Gasteiger charge is -2.25. The van der Waals surface area contributed by atoms with E-state index in [1.54, 1.807) is 4.90 Å². The van der Waals surface area contributed by atoms with Gasteiger partial charge in [-0.05, 0) is 45.4 Å². The molecule has 108 valence electrons. The Bertz CT molecular complexity index is 604. The zero-order valence-electron chi connectivity index (χ0n) is 12.1. The number of carbonyl (C=O) groups is 1. The van der Waals surface area contributed by atoms with Gasteiger partial charge in [0.2, 0.25) is 0 Å². The standard InChI is InChI=1S/C16H20ClNO2/c1-11(2)18(8-4-7-17)16(19)15-10-13-9-12(3)5-6-14(13)20-15/h5-6,9-11H,4,7-8H2,1-3H3. The Morgan fingerprint density at radius 2 is 2.10 bits per heavy atom. The third kappa shape index (κ3) is 3.15. The molecule has 2 rings (SSSR count). The van der Waals surface area contributed by atoms with Gasteiger partial charge in [0.05, 0.1) is 0 Å². The molecule has 0 aliphatic heterocycles. The molecule has 1 aromatic carbocycles. The van der Waals surface area contributed by atoms with Crippen LogP contribution in [0.3, 0.4) is 0 Å². The smallest absolute Gasteiger partial charge is 0.289 e. The van der Waals surface area contributed by atoms with Crippen molar-refractivity contribution in [3.63, 3.8) is 0 Å². The summed E-state index contributed by atoms with van der Waals surface area (Å²) in [5.41, 5.74) is 1.90. The number of benzene rings is 1. The van der Waals surface area contributed by atoms with Gasteiger partial charge in [-0.3, -0.25) is 4.79 Å². The number of rotatable bonds is 5. The molecular weight excluding hydrogens is 274 g/mol. The molecule has 20 heavy (non-hydrogen) atoms. The summed E-state index contributed by atoms with van der Waals surface area (Å²) in [6.07, 6.45) is 0.783. The molecule has 0 atom stereocenters. The zero-order valence-corrected chi connectivity index (χ0v) is 12.9. The van der Waals surface area contributed by atoms with E-state index in [2.05, 4.69) is 0 Å². The highest BCUT2D eigenvalue weighted by molar-refractivity contribution is 6.17. The van der Waals surface area contributed by atoms with Crippen molar-refractivity contribution in [2.24, 2.45) is 0 Å². The van der Waals surface area contributed by atoms with Gasteiger partial charge >= 0.3 is 0 Å². The number of alkyl halides is 1. The minimum Gasteiger partial charge on any atom is -0.451 e. The first kappa shape index (κ1) is 14.9. The summed E-state index contributed by atoms with van der Waals surface area (Å²) < 4.78 is 5.67. The SMILES string of the molecule is Cc1ccc2oc(C(=O)N(CCCCl)C(C)C)cc2c1. The molecule has 0 radical (unpaired) electrons. The van der Waals surface area contributed by atoms with Gasteiger partial charge in [-0.25, -0.2) is 0 Å². The minimum absolute atomic E-state index is 0.0704. The number of aryl methyl sites for hydroxylation is 1. The molecule has 4 heteroatoms. The third-order valence-electron chi connectivity index (χ3n) is 3.30. The maximum absolute atomic E-state index is 12.5. The van der Waals surface area contributed by atoms with E-state index in [1.165, 1.54) is 0 Å². The predicted octanol–water partition coefficient (Wildman–Crippen LogP) is 4.22. The van der Waals surface area contributed by atoms with Crippen molar-refractivity contribution in [1.29, 1.82) is 0 Å². The lowest BCUT2D eigenvalue weighted by Crippen LogP contribution is -2.37. The van der Waals surface area contributed by atoms with Gasteiger partial charge in [0, 0.05) is 23.9 Å². The van der Waals surface area contributed by atoms with Crippen LogP contribution >= 0.6 is 11.6 Å². The largest absolute Gasteiger partial charge is 0.451 e. The Morgan fingerprint density at radius 3 is 2.75 bits per heavy atom. The number of nitrogens with zero attached hydrogens (tertiary/aromatic N) is 1. The van der Waals surface area contributed by atoms with Crippen LogP contribution in [0.1, 0.15) is 36.4 Å². The maximum atomic E-state index is 12.5. The molecule has 0 bridgehead atoms. The van der Waals surface area contributed by atoms with Gasteiger partial charge in [0.1, 0.15) is 5.58 Å². The molecule has 1 heterocycles. The van der Waals surface area contributed by atoms with Crippen molar-refractivity contribution >= 4 is 28.5 Å². The molecular formula is C16H20ClNO2. The summed E-state index contributed by atoms with van der Waals surface area (Å²) in [6, 6.07) is 7.85. The van der Waals surface area contributed by atoms with Crippen LogP contribution < -0.4 is 0 Å². The fourth-order valence-corrected chi connectivity index (χ4v) is 2.35. The van der Waals surface area contributed by atoms with E-state index in [4.69, 9.17) is 16.0 Å². The molecule has 0 fully saturated rings. The van der Waals surface area contributed by atoms with Crippen LogP contribution in [0.25, 0.3) is 11.0 Å². The molecule has 0 aliphatic rings. The van der Waals surface area contributed by atoms with Crippen LogP contribution in [0, 0.1) is 6.92 Å². The van der Waals surface area contributed by atoms with Gasteiger partial charge < -0.3 is 9.32 Å². The highest BCUT2D eigenvalue weighted by Gasteiger charge is 2.21. The van der Waals surface area contributed by atoms with Crippen LogP contribution in [0.5, 0.6) is 0 Å². The van der Waals surface area contributed by atoms with E-state index < -0.39 is 0 Å². The summed E-state index contributed by atoms with van der Waals surface area (Å²) in [7, 11) is 0. The number of carbonyl (C=O) groups excluding carboxylic acids is 1. The second-order valence-corrected chi connectivity index (χ2v) is 5.66. The normalized spacial score (nSPS) is 11.2. The summed E-state index contributed by atoms with van der Waals surface area (Å²) in [5.74, 6) is 0.878. The molecule has 0 N–H and O–H groups in total. The number of hydrogen-bond donors (Lipinski definition) is 0. The number of fused-ring (bicyclic) bond motifs is 1. The van der Waals surface area contributed by atoms with Crippen LogP contribution in [0.2, 0.25) is 0 Å². The molecule has 1 amide bonds. The molecule has 1 aromatic heterocycles. The van der Waals surface area contributed by atoms with Gasteiger partial charge in [-0.1, -0.05) is 11.6 Å². The number of amides is 1. The van der Waals surface area contributed by atoms with Crippen LogP contribution in [0.15, 0.2) is 28.7 Å². The van der Waals surface area contributed by atoms with Crippen molar-refractivity contribution in [3.8, 4) is 0 Å². The first-order valence-electron chi connectivity index (χ1n) is 6.90. The predicted molar refractivity (Wildman–Crippen MR) is 82.5 cm³/mol. The zero-order chi connectivity index (χ0) is 14.7. The van der Waals surface area contributed by atoms with Crippen molar-refractivity contribution < 1.29 is 9.21 Å². The van der Waals surface area contributed by atoms with Gasteiger partial charge in [-0.15, -0.1) is 11.6 Å². The van der Waals surface area contributed by atoms with Gasteiger partial charge in [-0.2, -0.15) is 0 Å². The lowest BCUT2D eigenvalue weighted by atomic mass is 10.2. The summed E-state index contributed by atoms with van der Waals surface area (Å²) in [4.78, 5) is 14.3. The van der Waals surface area contributed by atoms with Crippen molar-refractivity contribution in [2.45, 2.75) is 33.2 Å². The molecule has 0 spiro atoms. The van der Waals surface area contributed by atoms with Crippen LogP contribution in [-0.4, -0.2) is 29.3 Å². The first-order chi connectivity index (χ1) is 9.52. The van der Waals surface area contributed by atoms with Crippen LogP contribution in [-0.2, 0) is 0 Å². The topological polar surface area (TPSA) is 33.5 Å². The Labute approximate surface area is 124 Å². The van der Waals surface area contributed by atoms with E-state index in [-0.39, 0.29) is 11.9 Å². The summed E-state index contributed by atoms with van der Waals surface area (Å²) in [6.45, 7) is 6.67. The Hall–Kier alpha value is -1.48. The highest BCUT2D eigenvalue weighted by Crippen LogP contribution is 2.22. The molecule has 0 saturated heterocycles. The number of hydrogen-bond acceptors (Lipinski definition) is 2. The van der Waals surface area contributed by atoms with E-state index in [1.807, 2.05) is 45.0 Å². The van der Waals surface area contributed by atoms with E-state index in [0.717, 1.165) is 23.0 Å².